The van der Waals surface area contributed by atoms with Crippen molar-refractivity contribution in [3.05, 3.63) is 60.7 Å². The maximum absolute atomic E-state index is 13.3. The zero-order valence-corrected chi connectivity index (χ0v) is 11.2. The van der Waals surface area contributed by atoms with E-state index in [0.717, 1.165) is 17.0 Å². The first kappa shape index (κ1) is 13.1. The van der Waals surface area contributed by atoms with E-state index in [1.807, 2.05) is 60.7 Å². The highest BCUT2D eigenvalue weighted by atomic mass is 31.2. The van der Waals surface area contributed by atoms with E-state index in [0.29, 0.717) is 12.7 Å². The Hall–Kier alpha value is -1.37. The third-order valence-corrected chi connectivity index (χ3v) is 6.23. The fourth-order valence-corrected chi connectivity index (χ4v) is 4.81. The third kappa shape index (κ3) is 2.72. The summed E-state index contributed by atoms with van der Waals surface area (Å²) in [6.07, 6.45) is 1.42. The van der Waals surface area contributed by atoms with E-state index in [2.05, 4.69) is 0 Å². The Morgan fingerprint density at radius 2 is 1.28 bits per heavy atom. The monoisotopic (exact) mass is 259 g/mol. The zero-order valence-electron chi connectivity index (χ0n) is 10.3. The van der Waals surface area contributed by atoms with Gasteiger partial charge in [0.15, 0.2) is 0 Å². The minimum absolute atomic E-state index is 0.573. The van der Waals surface area contributed by atoms with E-state index in [1.165, 1.54) is 0 Å². The first-order valence-corrected chi connectivity index (χ1v) is 8.07. The lowest BCUT2D eigenvalue weighted by molar-refractivity contribution is 0.585. The SMILES string of the molecule is NCCCP(=O)(c1ccccc1)c1ccccc1. The number of hydrogen-bond donors (Lipinski definition) is 1. The normalized spacial score (nSPS) is 11.4. The third-order valence-electron chi connectivity index (χ3n) is 3.02. The summed E-state index contributed by atoms with van der Waals surface area (Å²) in [6, 6.07) is 19.4. The van der Waals surface area contributed by atoms with E-state index in [4.69, 9.17) is 5.73 Å². The van der Waals surface area contributed by atoms with Crippen LogP contribution in [0.2, 0.25) is 0 Å². The van der Waals surface area contributed by atoms with Crippen LogP contribution in [0.15, 0.2) is 60.7 Å². The van der Waals surface area contributed by atoms with Crippen LogP contribution in [0.3, 0.4) is 0 Å². The Bertz CT molecular complexity index is 481. The topological polar surface area (TPSA) is 43.1 Å². The van der Waals surface area contributed by atoms with Gasteiger partial charge in [0.1, 0.15) is 7.14 Å². The molecule has 0 amide bonds. The molecule has 0 bridgehead atoms. The highest BCUT2D eigenvalue weighted by Crippen LogP contribution is 2.43. The molecule has 94 valence electrons. The molecule has 0 aliphatic rings. The molecule has 2 N–H and O–H groups in total. The lowest BCUT2D eigenvalue weighted by Crippen LogP contribution is -2.19. The van der Waals surface area contributed by atoms with Gasteiger partial charge in [0.05, 0.1) is 0 Å². The molecule has 0 aliphatic carbocycles. The molecule has 0 radical (unpaired) electrons. The van der Waals surface area contributed by atoms with Crippen LogP contribution in [0.1, 0.15) is 6.42 Å². The van der Waals surface area contributed by atoms with Gasteiger partial charge in [0.25, 0.3) is 0 Å². The summed E-state index contributed by atoms with van der Waals surface area (Å²) in [7, 11) is -2.52. The van der Waals surface area contributed by atoms with Crippen molar-refractivity contribution < 1.29 is 4.57 Å². The second kappa shape index (κ2) is 5.99. The number of hydrogen-bond acceptors (Lipinski definition) is 2. The van der Waals surface area contributed by atoms with Crippen molar-refractivity contribution >= 4 is 17.8 Å². The fraction of sp³-hybridized carbons (Fsp3) is 0.200. The van der Waals surface area contributed by atoms with Crippen LogP contribution in [-0.2, 0) is 4.57 Å². The number of benzene rings is 2. The summed E-state index contributed by atoms with van der Waals surface area (Å²) in [5, 5.41) is 1.84. The zero-order chi connectivity index (χ0) is 12.8. The van der Waals surface area contributed by atoms with Crippen LogP contribution in [0, 0.1) is 0 Å². The summed E-state index contributed by atoms with van der Waals surface area (Å²) in [6.45, 7) is 0.573. The molecular weight excluding hydrogens is 241 g/mol. The van der Waals surface area contributed by atoms with Gasteiger partial charge in [-0.3, -0.25) is 0 Å². The highest BCUT2D eigenvalue weighted by Gasteiger charge is 2.25. The summed E-state index contributed by atoms with van der Waals surface area (Å²) in [4.78, 5) is 0. The Labute approximate surface area is 108 Å². The lowest BCUT2D eigenvalue weighted by Gasteiger charge is -2.18. The molecule has 0 aromatic heterocycles. The highest BCUT2D eigenvalue weighted by molar-refractivity contribution is 7.78. The molecule has 2 aromatic carbocycles. The second-order valence-corrected chi connectivity index (χ2v) is 7.24. The molecule has 18 heavy (non-hydrogen) atoms. The molecule has 2 aromatic rings. The second-order valence-electron chi connectivity index (χ2n) is 4.28. The minimum Gasteiger partial charge on any atom is -0.330 e. The van der Waals surface area contributed by atoms with Crippen molar-refractivity contribution in [3.63, 3.8) is 0 Å². The molecule has 2 rings (SSSR count). The van der Waals surface area contributed by atoms with E-state index < -0.39 is 7.14 Å². The van der Waals surface area contributed by atoms with Crippen LogP contribution in [-0.4, -0.2) is 12.7 Å². The summed E-state index contributed by atoms with van der Waals surface area (Å²) in [5.41, 5.74) is 5.57. The predicted octanol–water partition coefficient (Wildman–Crippen LogP) is 2.35. The van der Waals surface area contributed by atoms with Crippen LogP contribution >= 0.6 is 7.14 Å². The maximum Gasteiger partial charge on any atom is 0.143 e. The summed E-state index contributed by atoms with van der Waals surface area (Å²) in [5.74, 6) is 0. The molecular formula is C15H18NOP. The molecule has 0 heterocycles. The summed E-state index contributed by atoms with van der Waals surface area (Å²) >= 11 is 0. The minimum atomic E-state index is -2.52. The molecule has 0 atom stereocenters. The van der Waals surface area contributed by atoms with Gasteiger partial charge in [-0.1, -0.05) is 60.7 Å². The molecule has 0 spiro atoms. The quantitative estimate of drug-likeness (QED) is 0.838. The Morgan fingerprint density at radius 3 is 1.67 bits per heavy atom. The van der Waals surface area contributed by atoms with E-state index in [9.17, 15) is 4.57 Å². The Kier molecular flexibility index (Phi) is 4.35. The molecule has 0 unspecified atom stereocenters. The molecule has 3 heteroatoms. The first-order chi connectivity index (χ1) is 8.77. The van der Waals surface area contributed by atoms with Crippen molar-refractivity contribution in [1.82, 2.24) is 0 Å². The van der Waals surface area contributed by atoms with Crippen molar-refractivity contribution in [3.8, 4) is 0 Å². The largest absolute Gasteiger partial charge is 0.330 e. The van der Waals surface area contributed by atoms with Gasteiger partial charge in [-0.05, 0) is 13.0 Å². The van der Waals surface area contributed by atoms with Gasteiger partial charge in [-0.25, -0.2) is 0 Å². The first-order valence-electron chi connectivity index (χ1n) is 6.18. The van der Waals surface area contributed by atoms with E-state index in [1.54, 1.807) is 0 Å². The average Bonchev–Trinajstić information content (AvgIpc) is 2.46. The molecule has 0 aliphatic heterocycles. The van der Waals surface area contributed by atoms with Gasteiger partial charge >= 0.3 is 0 Å². The fourth-order valence-electron chi connectivity index (χ4n) is 2.06. The van der Waals surface area contributed by atoms with Crippen molar-refractivity contribution in [2.45, 2.75) is 6.42 Å². The predicted molar refractivity (Wildman–Crippen MR) is 78.3 cm³/mol. The number of nitrogens with two attached hydrogens (primary N) is 1. The molecule has 0 saturated heterocycles. The van der Waals surface area contributed by atoms with Gasteiger partial charge in [-0.15, -0.1) is 0 Å². The van der Waals surface area contributed by atoms with Crippen LogP contribution in [0.25, 0.3) is 0 Å². The molecule has 0 saturated carbocycles. The van der Waals surface area contributed by atoms with Crippen LogP contribution < -0.4 is 16.3 Å². The summed E-state index contributed by atoms with van der Waals surface area (Å²) < 4.78 is 13.3. The van der Waals surface area contributed by atoms with E-state index in [-0.39, 0.29) is 0 Å². The number of rotatable bonds is 5. The molecule has 2 nitrogen and oxygen atoms in total. The van der Waals surface area contributed by atoms with Gasteiger partial charge in [-0.2, -0.15) is 0 Å². The van der Waals surface area contributed by atoms with Gasteiger partial charge in [0, 0.05) is 16.8 Å². The van der Waals surface area contributed by atoms with Crippen molar-refractivity contribution in [2.75, 3.05) is 12.7 Å². The Morgan fingerprint density at radius 1 is 0.833 bits per heavy atom. The standard InChI is InChI=1S/C15H18NOP/c16-12-7-13-18(17,14-8-3-1-4-9-14)15-10-5-2-6-11-15/h1-6,8-11H,7,12-13,16H2. The van der Waals surface area contributed by atoms with Gasteiger partial charge in [0.2, 0.25) is 0 Å². The van der Waals surface area contributed by atoms with Crippen LogP contribution in [0.5, 0.6) is 0 Å². The molecule has 0 fully saturated rings. The lowest BCUT2D eigenvalue weighted by atomic mass is 10.4. The maximum atomic E-state index is 13.3. The van der Waals surface area contributed by atoms with Crippen LogP contribution in [0.4, 0.5) is 0 Å². The van der Waals surface area contributed by atoms with Gasteiger partial charge < -0.3 is 10.3 Å². The van der Waals surface area contributed by atoms with Crippen molar-refractivity contribution in [2.24, 2.45) is 5.73 Å². The average molecular weight is 259 g/mol. The van der Waals surface area contributed by atoms with Crippen molar-refractivity contribution in [1.29, 1.82) is 0 Å². The Balaban J connectivity index is 2.45. The smallest absolute Gasteiger partial charge is 0.143 e. The van der Waals surface area contributed by atoms with E-state index >= 15 is 0 Å².